The Kier molecular flexibility index (Phi) is 5.48. The van der Waals surface area contributed by atoms with Gasteiger partial charge in [0.1, 0.15) is 24.3 Å². The van der Waals surface area contributed by atoms with Gasteiger partial charge in [0.2, 0.25) is 0 Å². The van der Waals surface area contributed by atoms with E-state index in [1.165, 1.54) is 28.0 Å². The molecule has 2 amide bonds. The molecular formula is C19H19N5O4S2. The van der Waals surface area contributed by atoms with Crippen LogP contribution in [0.3, 0.4) is 0 Å². The first-order chi connectivity index (χ1) is 14.4. The van der Waals surface area contributed by atoms with Crippen molar-refractivity contribution < 1.29 is 19.1 Å². The number of rotatable bonds is 6. The molecule has 4 rings (SSSR count). The van der Waals surface area contributed by atoms with E-state index in [1.807, 2.05) is 19.1 Å². The summed E-state index contributed by atoms with van der Waals surface area (Å²) in [4.78, 5) is 46.3. The van der Waals surface area contributed by atoms with Gasteiger partial charge in [-0.3, -0.25) is 9.78 Å². The average molecular weight is 446 g/mol. The first-order valence-electron chi connectivity index (χ1n) is 9.10. The van der Waals surface area contributed by atoms with Crippen LogP contribution < -0.4 is 11.1 Å². The van der Waals surface area contributed by atoms with Crippen LogP contribution in [0.15, 0.2) is 35.3 Å². The number of nitrogens with two attached hydrogens (primary N) is 1. The summed E-state index contributed by atoms with van der Waals surface area (Å²) in [6, 6.07) is 4.76. The summed E-state index contributed by atoms with van der Waals surface area (Å²) in [5.74, 6) is -0.204. The first kappa shape index (κ1) is 20.4. The number of carbonyl (C=O) groups is 3. The number of carbonyl (C=O) groups excluding carboxylic acids is 3. The SMILES string of the molecule is C[C@@]1(COC(=O)NCc2csc(N)n2)SC2/C(=C\c3ccccn3)C(=O)N2[C@H]1C=O. The molecule has 3 atom stereocenters. The molecule has 1 unspecified atom stereocenters. The number of aldehydes is 1. The minimum absolute atomic E-state index is 0.0245. The van der Waals surface area contributed by atoms with Gasteiger partial charge in [0, 0.05) is 11.6 Å². The first-order valence-corrected chi connectivity index (χ1v) is 10.9. The van der Waals surface area contributed by atoms with Crippen molar-refractivity contribution in [3.63, 3.8) is 0 Å². The molecule has 2 saturated heterocycles. The molecule has 2 aromatic rings. The summed E-state index contributed by atoms with van der Waals surface area (Å²) in [6.45, 7) is 1.98. The maximum absolute atomic E-state index is 12.6. The predicted molar refractivity (Wildman–Crippen MR) is 113 cm³/mol. The highest BCUT2D eigenvalue weighted by atomic mass is 32.2. The minimum Gasteiger partial charge on any atom is -0.448 e. The second kappa shape index (κ2) is 8.07. The smallest absolute Gasteiger partial charge is 0.407 e. The molecule has 9 nitrogen and oxygen atoms in total. The lowest BCUT2D eigenvalue weighted by molar-refractivity contribution is -0.139. The highest BCUT2D eigenvalue weighted by molar-refractivity contribution is 8.02. The van der Waals surface area contributed by atoms with Crippen molar-refractivity contribution in [2.45, 2.75) is 29.6 Å². The Morgan fingerprint density at radius 2 is 2.30 bits per heavy atom. The van der Waals surface area contributed by atoms with Crippen molar-refractivity contribution in [3.8, 4) is 0 Å². The number of nitrogens with zero attached hydrogens (tertiary/aromatic N) is 3. The van der Waals surface area contributed by atoms with Crippen molar-refractivity contribution >= 4 is 52.6 Å². The minimum atomic E-state index is -0.760. The molecule has 2 aliphatic heterocycles. The number of thiazole rings is 1. The number of pyridine rings is 1. The van der Waals surface area contributed by atoms with Crippen LogP contribution in [0.4, 0.5) is 9.93 Å². The number of β-lactam (4-membered cyclic amide) rings is 1. The van der Waals surface area contributed by atoms with Gasteiger partial charge in [-0.25, -0.2) is 9.78 Å². The second-order valence-electron chi connectivity index (χ2n) is 7.04. The van der Waals surface area contributed by atoms with Crippen molar-refractivity contribution in [2.24, 2.45) is 0 Å². The van der Waals surface area contributed by atoms with E-state index in [1.54, 1.807) is 23.7 Å². The van der Waals surface area contributed by atoms with E-state index >= 15 is 0 Å². The molecule has 0 spiro atoms. The number of aromatic nitrogens is 2. The monoisotopic (exact) mass is 445 g/mol. The van der Waals surface area contributed by atoms with Gasteiger partial charge >= 0.3 is 6.09 Å². The van der Waals surface area contributed by atoms with E-state index in [9.17, 15) is 14.4 Å². The maximum Gasteiger partial charge on any atom is 0.407 e. The fourth-order valence-corrected chi connectivity index (χ4v) is 5.51. The quantitative estimate of drug-likeness (QED) is 0.390. The Hall–Kier alpha value is -2.92. The Morgan fingerprint density at radius 1 is 1.47 bits per heavy atom. The zero-order valence-corrected chi connectivity index (χ0v) is 17.6. The number of amides is 2. The van der Waals surface area contributed by atoms with E-state index in [-0.39, 0.29) is 24.4 Å². The van der Waals surface area contributed by atoms with Crippen molar-refractivity contribution in [2.75, 3.05) is 12.3 Å². The van der Waals surface area contributed by atoms with Gasteiger partial charge in [-0.2, -0.15) is 0 Å². The van der Waals surface area contributed by atoms with Crippen LogP contribution in [0, 0.1) is 0 Å². The van der Waals surface area contributed by atoms with Gasteiger partial charge < -0.3 is 25.5 Å². The lowest BCUT2D eigenvalue weighted by Gasteiger charge is -2.38. The zero-order chi connectivity index (χ0) is 21.3. The molecule has 2 aromatic heterocycles. The normalized spacial score (nSPS) is 26.2. The summed E-state index contributed by atoms with van der Waals surface area (Å²) in [6.07, 6.45) is 3.50. The Morgan fingerprint density at radius 3 is 2.97 bits per heavy atom. The summed E-state index contributed by atoms with van der Waals surface area (Å²) in [5, 5.41) is 4.50. The predicted octanol–water partition coefficient (Wildman–Crippen LogP) is 1.67. The number of ether oxygens (including phenoxy) is 1. The molecule has 30 heavy (non-hydrogen) atoms. The topological polar surface area (TPSA) is 128 Å². The summed E-state index contributed by atoms with van der Waals surface area (Å²) >= 11 is 2.72. The number of nitrogens with one attached hydrogen (secondary N) is 1. The molecular weight excluding hydrogens is 426 g/mol. The van der Waals surface area contributed by atoms with Crippen LogP contribution in [-0.4, -0.2) is 55.9 Å². The number of fused-ring (bicyclic) bond motifs is 1. The molecule has 0 saturated carbocycles. The number of hydrogen-bond donors (Lipinski definition) is 2. The van der Waals surface area contributed by atoms with Crippen LogP contribution >= 0.6 is 23.1 Å². The third-order valence-corrected chi connectivity index (χ3v) is 7.22. The van der Waals surface area contributed by atoms with E-state index < -0.39 is 16.9 Å². The Bertz CT molecular complexity index is 1010. The van der Waals surface area contributed by atoms with Gasteiger partial charge in [-0.15, -0.1) is 23.1 Å². The van der Waals surface area contributed by atoms with Crippen LogP contribution in [0.1, 0.15) is 18.3 Å². The third kappa shape index (κ3) is 3.77. The number of hydrogen-bond acceptors (Lipinski definition) is 9. The van der Waals surface area contributed by atoms with Gasteiger partial charge in [-0.05, 0) is 25.1 Å². The van der Waals surface area contributed by atoms with E-state index in [0.29, 0.717) is 22.1 Å². The Labute approximate surface area is 180 Å². The number of alkyl carbamates (subject to hydrolysis) is 1. The van der Waals surface area contributed by atoms with Gasteiger partial charge in [-0.1, -0.05) is 6.07 Å². The van der Waals surface area contributed by atoms with Gasteiger partial charge in [0.25, 0.3) is 5.91 Å². The van der Waals surface area contributed by atoms with Crippen molar-refractivity contribution in [3.05, 3.63) is 46.7 Å². The number of nitrogen functional groups attached to an aromatic ring is 1. The summed E-state index contributed by atoms with van der Waals surface area (Å²) in [5.41, 5.74) is 7.46. The van der Waals surface area contributed by atoms with Crippen LogP contribution in [0.5, 0.6) is 0 Å². The van der Waals surface area contributed by atoms with E-state index in [2.05, 4.69) is 15.3 Å². The molecule has 0 aliphatic carbocycles. The number of anilines is 1. The molecule has 4 heterocycles. The Balaban J connectivity index is 1.39. The molecule has 156 valence electrons. The zero-order valence-electron chi connectivity index (χ0n) is 16.0. The van der Waals surface area contributed by atoms with Crippen LogP contribution in [0.2, 0.25) is 0 Å². The van der Waals surface area contributed by atoms with Crippen LogP contribution in [-0.2, 0) is 20.9 Å². The fraction of sp³-hybridized carbons (Fsp3) is 0.316. The molecule has 0 bridgehead atoms. The van der Waals surface area contributed by atoms with Crippen LogP contribution in [0.25, 0.3) is 6.08 Å². The van der Waals surface area contributed by atoms with Crippen molar-refractivity contribution in [1.29, 1.82) is 0 Å². The molecule has 3 N–H and O–H groups in total. The standard InChI is InChI=1S/C19H19N5O4S2/c1-19(10-28-18(27)22-7-12-9-29-17(20)23-12)14(8-25)24-15(26)13(16(24)30-19)6-11-4-2-3-5-21-11/h2-6,8-9,14,16H,7,10H2,1H3,(H2,20,23)(H,22,27)/b13-6-/t14-,16?,19-/m0/s1. The molecule has 0 radical (unpaired) electrons. The lowest BCUT2D eigenvalue weighted by Crippen LogP contribution is -2.57. The lowest BCUT2D eigenvalue weighted by atomic mass is 9.95. The second-order valence-corrected chi connectivity index (χ2v) is 9.54. The molecule has 0 aromatic carbocycles. The van der Waals surface area contributed by atoms with Crippen molar-refractivity contribution in [1.82, 2.24) is 20.2 Å². The summed E-state index contributed by atoms with van der Waals surface area (Å²) in [7, 11) is 0. The molecule has 11 heteroatoms. The summed E-state index contributed by atoms with van der Waals surface area (Å²) < 4.78 is 4.59. The van der Waals surface area contributed by atoms with Gasteiger partial charge in [0.15, 0.2) is 5.13 Å². The molecule has 2 aliphatic rings. The third-order valence-electron chi connectivity index (χ3n) is 4.90. The van der Waals surface area contributed by atoms with Gasteiger partial charge in [0.05, 0.1) is 28.3 Å². The average Bonchev–Trinajstić information content (AvgIpc) is 3.28. The number of thioether (sulfide) groups is 1. The largest absolute Gasteiger partial charge is 0.448 e. The molecule has 2 fully saturated rings. The van der Waals surface area contributed by atoms with E-state index in [0.717, 1.165) is 6.29 Å². The van der Waals surface area contributed by atoms with E-state index in [4.69, 9.17) is 10.5 Å². The maximum atomic E-state index is 12.6. The fourth-order valence-electron chi connectivity index (χ4n) is 3.37. The highest BCUT2D eigenvalue weighted by Crippen LogP contribution is 2.53. The highest BCUT2D eigenvalue weighted by Gasteiger charge is 2.60.